The predicted octanol–water partition coefficient (Wildman–Crippen LogP) is 4.76. The van der Waals surface area contributed by atoms with Gasteiger partial charge in [-0.25, -0.2) is 0 Å². The van der Waals surface area contributed by atoms with Gasteiger partial charge in [0.05, 0.1) is 0 Å². The van der Waals surface area contributed by atoms with E-state index in [-0.39, 0.29) is 0 Å². The van der Waals surface area contributed by atoms with Crippen molar-refractivity contribution in [2.75, 3.05) is 26.2 Å². The molecule has 22 heavy (non-hydrogen) atoms. The largest absolute Gasteiger partial charge is 0.330 e. The zero-order valence-electron chi connectivity index (χ0n) is 15.5. The van der Waals surface area contributed by atoms with E-state index in [9.17, 15) is 0 Å². The number of nitrogens with zero attached hydrogens (tertiary/aromatic N) is 1. The lowest BCUT2D eigenvalue weighted by Crippen LogP contribution is -2.41. The van der Waals surface area contributed by atoms with Crippen LogP contribution in [0.4, 0.5) is 0 Å². The molecule has 0 spiro atoms. The van der Waals surface area contributed by atoms with E-state index in [2.05, 4.69) is 44.4 Å². The van der Waals surface area contributed by atoms with Gasteiger partial charge in [-0.05, 0) is 83.2 Å². The van der Waals surface area contributed by atoms with Crippen LogP contribution in [0, 0.1) is 11.3 Å². The van der Waals surface area contributed by atoms with Gasteiger partial charge in [-0.1, -0.05) is 26.7 Å². The summed E-state index contributed by atoms with van der Waals surface area (Å²) in [6.45, 7) is 13.5. The van der Waals surface area contributed by atoms with Crippen LogP contribution in [0.2, 0.25) is 0 Å². The molecule has 0 saturated carbocycles. The summed E-state index contributed by atoms with van der Waals surface area (Å²) in [4.78, 5) is 2.69. The lowest BCUT2D eigenvalue weighted by atomic mass is 9.78. The molecular formula is C20H38N2. The first-order valence-electron chi connectivity index (χ1n) is 9.38. The average Bonchev–Trinajstić information content (AvgIpc) is 2.52. The fourth-order valence-electron chi connectivity index (χ4n) is 3.53. The molecule has 0 aliphatic carbocycles. The second-order valence-corrected chi connectivity index (χ2v) is 7.41. The molecule has 2 heteroatoms. The fraction of sp³-hybridized carbons (Fsp3) is 0.850. The van der Waals surface area contributed by atoms with Gasteiger partial charge in [0, 0.05) is 12.0 Å². The second-order valence-electron chi connectivity index (χ2n) is 7.41. The Balaban J connectivity index is 2.70. The Kier molecular flexibility index (Phi) is 9.09. The molecule has 1 heterocycles. The first-order valence-corrected chi connectivity index (χ1v) is 9.38. The van der Waals surface area contributed by atoms with Crippen molar-refractivity contribution >= 4 is 0 Å². The monoisotopic (exact) mass is 306 g/mol. The molecule has 1 saturated heterocycles. The van der Waals surface area contributed by atoms with E-state index in [1.165, 1.54) is 70.2 Å². The SMILES string of the molecule is CCCC[C@@](C=C=C(C)C)(CC)CN1CCC(CCN)CC1. The number of hydrogen-bond acceptors (Lipinski definition) is 2. The highest BCUT2D eigenvalue weighted by atomic mass is 15.1. The minimum atomic E-state index is 0.313. The minimum Gasteiger partial charge on any atom is -0.330 e. The third-order valence-corrected chi connectivity index (χ3v) is 5.22. The molecule has 0 unspecified atom stereocenters. The summed E-state index contributed by atoms with van der Waals surface area (Å²) >= 11 is 0. The molecule has 0 radical (unpaired) electrons. The summed E-state index contributed by atoms with van der Waals surface area (Å²) < 4.78 is 0. The minimum absolute atomic E-state index is 0.313. The first kappa shape index (κ1) is 19.5. The van der Waals surface area contributed by atoms with Gasteiger partial charge in [0.25, 0.3) is 0 Å². The third-order valence-electron chi connectivity index (χ3n) is 5.22. The summed E-state index contributed by atoms with van der Waals surface area (Å²) in [5.74, 6) is 0.862. The van der Waals surface area contributed by atoms with Crippen molar-refractivity contribution in [1.82, 2.24) is 4.90 Å². The van der Waals surface area contributed by atoms with Crippen molar-refractivity contribution in [1.29, 1.82) is 0 Å². The third kappa shape index (κ3) is 6.69. The molecule has 128 valence electrons. The molecule has 0 aromatic carbocycles. The Morgan fingerprint density at radius 3 is 2.45 bits per heavy atom. The van der Waals surface area contributed by atoms with Crippen LogP contribution < -0.4 is 5.73 Å². The standard InChI is InChI=1S/C20H38N2/c1-5-7-12-20(6-2,13-8-18(3)4)17-22-15-10-19(9-14-21)11-16-22/h13,19H,5-7,9-12,14-17,21H2,1-4H3/t20-/m1/s1. The van der Waals surface area contributed by atoms with Gasteiger partial charge < -0.3 is 10.6 Å². The second kappa shape index (κ2) is 10.3. The summed E-state index contributed by atoms with van der Waals surface area (Å²) in [5.41, 5.74) is 10.8. The molecule has 1 rings (SSSR count). The maximum Gasteiger partial charge on any atom is 0.00821 e. The van der Waals surface area contributed by atoms with Crippen LogP contribution in [-0.2, 0) is 0 Å². The molecule has 0 amide bonds. The number of nitrogens with two attached hydrogens (primary N) is 1. The summed E-state index contributed by atoms with van der Waals surface area (Å²) in [5, 5.41) is 0. The van der Waals surface area contributed by atoms with Crippen molar-refractivity contribution < 1.29 is 0 Å². The average molecular weight is 307 g/mol. The Morgan fingerprint density at radius 1 is 1.27 bits per heavy atom. The molecule has 0 aromatic rings. The smallest absolute Gasteiger partial charge is 0.00821 e. The van der Waals surface area contributed by atoms with Gasteiger partial charge >= 0.3 is 0 Å². The van der Waals surface area contributed by atoms with Gasteiger partial charge in [-0.2, -0.15) is 0 Å². The molecular weight excluding hydrogens is 268 g/mol. The quantitative estimate of drug-likeness (QED) is 0.623. The van der Waals surface area contributed by atoms with E-state index in [4.69, 9.17) is 5.73 Å². The van der Waals surface area contributed by atoms with E-state index in [1.54, 1.807) is 0 Å². The Labute approximate surface area is 138 Å². The van der Waals surface area contributed by atoms with Crippen LogP contribution in [0.5, 0.6) is 0 Å². The maximum absolute atomic E-state index is 5.71. The van der Waals surface area contributed by atoms with E-state index in [0.29, 0.717) is 5.41 Å². The van der Waals surface area contributed by atoms with Gasteiger partial charge in [-0.15, -0.1) is 5.73 Å². The number of rotatable bonds is 9. The molecule has 0 aromatic heterocycles. The van der Waals surface area contributed by atoms with Gasteiger partial charge in [0.1, 0.15) is 0 Å². The highest BCUT2D eigenvalue weighted by molar-refractivity contribution is 5.04. The molecule has 1 aliphatic rings. The van der Waals surface area contributed by atoms with Crippen molar-refractivity contribution in [3.05, 3.63) is 17.4 Å². The Hall–Kier alpha value is -0.560. The summed E-state index contributed by atoms with van der Waals surface area (Å²) in [6, 6.07) is 0. The van der Waals surface area contributed by atoms with E-state index in [1.807, 2.05) is 0 Å². The van der Waals surface area contributed by atoms with Crippen molar-refractivity contribution in [3.63, 3.8) is 0 Å². The highest BCUT2D eigenvalue weighted by Crippen LogP contribution is 2.33. The molecule has 0 bridgehead atoms. The van der Waals surface area contributed by atoms with Crippen LogP contribution in [0.25, 0.3) is 0 Å². The van der Waals surface area contributed by atoms with Crippen molar-refractivity contribution in [2.45, 2.75) is 72.6 Å². The zero-order valence-corrected chi connectivity index (χ0v) is 15.5. The highest BCUT2D eigenvalue weighted by Gasteiger charge is 2.29. The molecule has 1 atom stereocenters. The Morgan fingerprint density at radius 2 is 1.95 bits per heavy atom. The molecule has 2 nitrogen and oxygen atoms in total. The molecule has 1 fully saturated rings. The fourth-order valence-corrected chi connectivity index (χ4v) is 3.53. The number of piperidine rings is 1. The molecule has 2 N–H and O–H groups in total. The van der Waals surface area contributed by atoms with E-state index in [0.717, 1.165) is 12.5 Å². The van der Waals surface area contributed by atoms with Crippen LogP contribution in [-0.4, -0.2) is 31.1 Å². The summed E-state index contributed by atoms with van der Waals surface area (Å²) in [7, 11) is 0. The lowest BCUT2D eigenvalue weighted by molar-refractivity contribution is 0.122. The maximum atomic E-state index is 5.71. The Bertz CT molecular complexity index is 356. The van der Waals surface area contributed by atoms with Gasteiger partial charge in [-0.3, -0.25) is 0 Å². The number of likely N-dealkylation sites (tertiary alicyclic amines) is 1. The predicted molar refractivity (Wildman–Crippen MR) is 98.0 cm³/mol. The lowest BCUT2D eigenvalue weighted by Gasteiger charge is -2.39. The van der Waals surface area contributed by atoms with Crippen LogP contribution in [0.3, 0.4) is 0 Å². The normalized spacial score (nSPS) is 19.5. The van der Waals surface area contributed by atoms with Crippen LogP contribution >= 0.6 is 0 Å². The van der Waals surface area contributed by atoms with Crippen molar-refractivity contribution in [3.8, 4) is 0 Å². The van der Waals surface area contributed by atoms with Crippen LogP contribution in [0.15, 0.2) is 17.4 Å². The first-order chi connectivity index (χ1) is 10.5. The van der Waals surface area contributed by atoms with E-state index >= 15 is 0 Å². The van der Waals surface area contributed by atoms with Gasteiger partial charge in [0.2, 0.25) is 0 Å². The number of hydrogen-bond donors (Lipinski definition) is 1. The van der Waals surface area contributed by atoms with Crippen molar-refractivity contribution in [2.24, 2.45) is 17.1 Å². The number of unbranched alkanes of at least 4 members (excludes halogenated alkanes) is 1. The topological polar surface area (TPSA) is 29.3 Å². The molecule has 1 aliphatic heterocycles. The summed E-state index contributed by atoms with van der Waals surface area (Å²) in [6.07, 6.45) is 11.4. The van der Waals surface area contributed by atoms with E-state index < -0.39 is 0 Å². The van der Waals surface area contributed by atoms with Gasteiger partial charge in [0.15, 0.2) is 0 Å². The van der Waals surface area contributed by atoms with Crippen LogP contribution in [0.1, 0.15) is 72.6 Å². The zero-order chi connectivity index (χ0) is 16.4.